The van der Waals surface area contributed by atoms with Gasteiger partial charge >= 0.3 is 0 Å². The van der Waals surface area contributed by atoms with Crippen molar-refractivity contribution in [2.75, 3.05) is 5.32 Å². The molecule has 0 atom stereocenters. The van der Waals surface area contributed by atoms with Crippen LogP contribution in [0.25, 0.3) is 16.3 Å². The molecule has 4 aromatic rings. The Morgan fingerprint density at radius 2 is 1.96 bits per heavy atom. The van der Waals surface area contributed by atoms with Gasteiger partial charge in [-0.1, -0.05) is 29.8 Å². The molecule has 0 aliphatic rings. The predicted octanol–water partition coefficient (Wildman–Crippen LogP) is 4.23. The maximum atomic E-state index is 12.3. The molecule has 2 heterocycles. The molecule has 6 nitrogen and oxygen atoms in total. The van der Waals surface area contributed by atoms with Gasteiger partial charge in [-0.25, -0.2) is 14.6 Å². The highest BCUT2D eigenvalue weighted by Crippen LogP contribution is 2.30. The lowest BCUT2D eigenvalue weighted by Crippen LogP contribution is -2.14. The van der Waals surface area contributed by atoms with Crippen molar-refractivity contribution in [2.24, 2.45) is 0 Å². The molecule has 1 amide bonds. The predicted molar refractivity (Wildman–Crippen MR) is 106 cm³/mol. The van der Waals surface area contributed by atoms with E-state index in [0.717, 1.165) is 16.3 Å². The SMILES string of the molecule is O=C(Cc1csc(-c2ccccc2Cl)n1)Nc1ccc(-n2cncn2)cc1. The van der Waals surface area contributed by atoms with E-state index in [-0.39, 0.29) is 12.3 Å². The second-order valence-electron chi connectivity index (χ2n) is 5.74. The quantitative estimate of drug-likeness (QED) is 0.549. The maximum absolute atomic E-state index is 12.3. The molecule has 0 unspecified atom stereocenters. The Morgan fingerprint density at radius 3 is 2.70 bits per heavy atom. The van der Waals surface area contributed by atoms with Crippen molar-refractivity contribution in [3.8, 4) is 16.3 Å². The van der Waals surface area contributed by atoms with Crippen LogP contribution in [0.2, 0.25) is 5.02 Å². The molecule has 27 heavy (non-hydrogen) atoms. The Kier molecular flexibility index (Phi) is 4.95. The summed E-state index contributed by atoms with van der Waals surface area (Å²) in [6, 6.07) is 14.9. The first-order chi connectivity index (χ1) is 13.2. The molecule has 2 aromatic heterocycles. The van der Waals surface area contributed by atoms with E-state index in [0.29, 0.717) is 16.4 Å². The average Bonchev–Trinajstić information content (AvgIpc) is 3.35. The van der Waals surface area contributed by atoms with E-state index in [1.165, 1.54) is 17.7 Å². The fourth-order valence-corrected chi connectivity index (χ4v) is 3.70. The minimum atomic E-state index is -0.125. The molecule has 134 valence electrons. The van der Waals surface area contributed by atoms with Crippen LogP contribution >= 0.6 is 22.9 Å². The van der Waals surface area contributed by atoms with E-state index in [1.54, 1.807) is 11.0 Å². The first-order valence-electron chi connectivity index (χ1n) is 8.13. The number of aromatic nitrogens is 4. The van der Waals surface area contributed by atoms with Gasteiger partial charge in [0.1, 0.15) is 17.7 Å². The van der Waals surface area contributed by atoms with Crippen LogP contribution in [0.3, 0.4) is 0 Å². The van der Waals surface area contributed by atoms with Crippen molar-refractivity contribution in [2.45, 2.75) is 6.42 Å². The van der Waals surface area contributed by atoms with E-state index in [4.69, 9.17) is 11.6 Å². The van der Waals surface area contributed by atoms with Crippen molar-refractivity contribution in [3.05, 3.63) is 77.3 Å². The summed E-state index contributed by atoms with van der Waals surface area (Å²) in [5.41, 5.74) is 3.17. The lowest BCUT2D eigenvalue weighted by Gasteiger charge is -2.06. The van der Waals surface area contributed by atoms with E-state index < -0.39 is 0 Å². The number of amides is 1. The fraction of sp³-hybridized carbons (Fsp3) is 0.0526. The van der Waals surface area contributed by atoms with E-state index >= 15 is 0 Å². The highest BCUT2D eigenvalue weighted by atomic mass is 35.5. The van der Waals surface area contributed by atoms with Crippen molar-refractivity contribution < 1.29 is 4.79 Å². The van der Waals surface area contributed by atoms with Gasteiger partial charge in [0.25, 0.3) is 0 Å². The number of thiazole rings is 1. The topological polar surface area (TPSA) is 72.7 Å². The molecule has 0 aliphatic carbocycles. The van der Waals surface area contributed by atoms with E-state index in [1.807, 2.05) is 53.9 Å². The lowest BCUT2D eigenvalue weighted by atomic mass is 10.2. The highest BCUT2D eigenvalue weighted by Gasteiger charge is 2.11. The van der Waals surface area contributed by atoms with Gasteiger partial charge in [0, 0.05) is 16.6 Å². The van der Waals surface area contributed by atoms with Crippen LogP contribution < -0.4 is 5.32 Å². The first kappa shape index (κ1) is 17.4. The first-order valence-corrected chi connectivity index (χ1v) is 9.39. The Balaban J connectivity index is 1.41. The Hall–Kier alpha value is -3.03. The number of carbonyl (C=O) groups excluding carboxylic acids is 1. The largest absolute Gasteiger partial charge is 0.326 e. The monoisotopic (exact) mass is 395 g/mol. The summed E-state index contributed by atoms with van der Waals surface area (Å²) >= 11 is 7.68. The number of rotatable bonds is 5. The third kappa shape index (κ3) is 4.05. The normalized spacial score (nSPS) is 10.7. The number of nitrogens with zero attached hydrogens (tertiary/aromatic N) is 4. The van der Waals surface area contributed by atoms with Crippen LogP contribution in [0.4, 0.5) is 5.69 Å². The zero-order valence-electron chi connectivity index (χ0n) is 14.0. The molecule has 1 N–H and O–H groups in total. The lowest BCUT2D eigenvalue weighted by molar-refractivity contribution is -0.115. The summed E-state index contributed by atoms with van der Waals surface area (Å²) in [4.78, 5) is 20.7. The Labute approximate surface area is 164 Å². The smallest absolute Gasteiger partial charge is 0.230 e. The zero-order chi connectivity index (χ0) is 18.6. The molecule has 0 aliphatic heterocycles. The van der Waals surface area contributed by atoms with Crippen molar-refractivity contribution in [1.29, 1.82) is 0 Å². The van der Waals surface area contributed by atoms with Gasteiger partial charge in [0.05, 0.1) is 22.8 Å². The summed E-state index contributed by atoms with van der Waals surface area (Å²) < 4.78 is 1.65. The van der Waals surface area contributed by atoms with Crippen LogP contribution in [0.5, 0.6) is 0 Å². The average molecular weight is 396 g/mol. The standard InChI is InChI=1S/C19H14ClN5OS/c20-17-4-2-1-3-16(17)19-24-14(10-27-19)9-18(26)23-13-5-7-15(8-6-13)25-12-21-11-22-25/h1-8,10-12H,9H2,(H,23,26). The molecule has 2 aromatic carbocycles. The van der Waals surface area contributed by atoms with E-state index in [2.05, 4.69) is 20.4 Å². The number of halogens is 1. The van der Waals surface area contributed by atoms with Gasteiger partial charge < -0.3 is 5.32 Å². The molecule has 8 heteroatoms. The highest BCUT2D eigenvalue weighted by molar-refractivity contribution is 7.13. The van der Waals surface area contributed by atoms with Gasteiger partial charge in [-0.15, -0.1) is 11.3 Å². The summed E-state index contributed by atoms with van der Waals surface area (Å²) in [5, 5.41) is 10.3. The summed E-state index contributed by atoms with van der Waals surface area (Å²) in [6.45, 7) is 0. The minimum Gasteiger partial charge on any atom is -0.326 e. The number of nitrogens with one attached hydrogen (secondary N) is 1. The molecule has 4 rings (SSSR count). The Bertz CT molecular complexity index is 1060. The number of hydrogen-bond donors (Lipinski definition) is 1. The number of benzene rings is 2. The van der Waals surface area contributed by atoms with Crippen LogP contribution in [0.15, 0.2) is 66.6 Å². The van der Waals surface area contributed by atoms with Gasteiger partial charge in [0.2, 0.25) is 5.91 Å². The molecule has 0 spiro atoms. The second kappa shape index (κ2) is 7.69. The number of carbonyl (C=O) groups is 1. The van der Waals surface area contributed by atoms with Crippen molar-refractivity contribution in [1.82, 2.24) is 19.7 Å². The maximum Gasteiger partial charge on any atom is 0.230 e. The third-order valence-corrected chi connectivity index (χ3v) is 5.09. The molecule has 0 fully saturated rings. The van der Waals surface area contributed by atoms with E-state index in [9.17, 15) is 4.79 Å². The van der Waals surface area contributed by atoms with Crippen LogP contribution in [0.1, 0.15) is 5.69 Å². The second-order valence-corrected chi connectivity index (χ2v) is 7.00. The molecule has 0 bridgehead atoms. The van der Waals surface area contributed by atoms with Gasteiger partial charge in [-0.05, 0) is 30.3 Å². The zero-order valence-corrected chi connectivity index (χ0v) is 15.6. The summed E-state index contributed by atoms with van der Waals surface area (Å²) in [7, 11) is 0. The number of hydrogen-bond acceptors (Lipinski definition) is 5. The third-order valence-electron chi connectivity index (χ3n) is 3.83. The fourth-order valence-electron chi connectivity index (χ4n) is 2.56. The van der Waals surface area contributed by atoms with Gasteiger partial charge in [-0.3, -0.25) is 4.79 Å². The van der Waals surface area contributed by atoms with Gasteiger partial charge in [-0.2, -0.15) is 5.10 Å². The molecular weight excluding hydrogens is 382 g/mol. The van der Waals surface area contributed by atoms with Crippen LogP contribution in [-0.4, -0.2) is 25.7 Å². The van der Waals surface area contributed by atoms with Gasteiger partial charge in [0.15, 0.2) is 0 Å². The molecule has 0 saturated heterocycles. The molecule has 0 saturated carbocycles. The summed E-state index contributed by atoms with van der Waals surface area (Å²) in [6.07, 6.45) is 3.29. The minimum absolute atomic E-state index is 0.125. The number of anilines is 1. The summed E-state index contributed by atoms with van der Waals surface area (Å²) in [5.74, 6) is -0.125. The van der Waals surface area contributed by atoms with Crippen LogP contribution in [-0.2, 0) is 11.2 Å². The van der Waals surface area contributed by atoms with Crippen molar-refractivity contribution in [3.63, 3.8) is 0 Å². The van der Waals surface area contributed by atoms with Crippen LogP contribution in [0, 0.1) is 0 Å². The Morgan fingerprint density at radius 1 is 1.15 bits per heavy atom. The van der Waals surface area contributed by atoms with Crippen molar-refractivity contribution >= 4 is 34.5 Å². The molecular formula is C19H14ClN5OS. The molecule has 0 radical (unpaired) electrons.